The quantitative estimate of drug-likeness (QED) is 0.115. The predicted molar refractivity (Wildman–Crippen MR) is 141 cm³/mol. The number of carboxylic acid groups (broad SMARTS) is 1. The Morgan fingerprint density at radius 2 is 1.66 bits per heavy atom. The number of nitrogens with two attached hydrogens (primary N) is 1. The van der Waals surface area contributed by atoms with Gasteiger partial charge in [0.05, 0.1) is 22.0 Å². The molecule has 0 bridgehead atoms. The standard InChI is InChI=1S/C20H20N8O7S3/c1-37(31,32)23-9-8-22-19-26-18(21)27-20(28-19)24-11-4-2-10(3-5-11)16-25-13-7-6-12(17(29)30)15(14(13)36-16)38(33,34)35/h2-7,23H,8-9H2,1H3,(H,29,30)(H,33,34,35)(H4,21,22,24,26,27,28). The van der Waals surface area contributed by atoms with Crippen LogP contribution < -0.4 is 21.1 Å². The molecule has 0 aliphatic rings. The van der Waals surface area contributed by atoms with Crippen molar-refractivity contribution in [3.05, 3.63) is 42.0 Å². The number of thiazole rings is 1. The van der Waals surface area contributed by atoms with Crippen LogP contribution in [0.4, 0.5) is 23.5 Å². The van der Waals surface area contributed by atoms with Gasteiger partial charge in [0.25, 0.3) is 10.1 Å². The van der Waals surface area contributed by atoms with Crippen LogP contribution in [0.5, 0.6) is 0 Å². The maximum atomic E-state index is 11.9. The van der Waals surface area contributed by atoms with Gasteiger partial charge in [0.15, 0.2) is 0 Å². The Balaban J connectivity index is 1.54. The number of anilines is 4. The summed E-state index contributed by atoms with van der Waals surface area (Å²) in [5, 5.41) is 15.5. The number of hydrogen-bond donors (Lipinski definition) is 6. The van der Waals surface area contributed by atoms with Crippen LogP contribution in [0.3, 0.4) is 0 Å². The minimum atomic E-state index is -4.82. The van der Waals surface area contributed by atoms with E-state index >= 15 is 0 Å². The van der Waals surface area contributed by atoms with Crippen molar-refractivity contribution in [2.45, 2.75) is 4.90 Å². The molecule has 15 nitrogen and oxygen atoms in total. The first kappa shape index (κ1) is 27.1. The Morgan fingerprint density at radius 1 is 0.974 bits per heavy atom. The van der Waals surface area contributed by atoms with Crippen molar-refractivity contribution in [3.63, 3.8) is 0 Å². The Hall–Kier alpha value is -3.97. The monoisotopic (exact) mass is 580 g/mol. The lowest BCUT2D eigenvalue weighted by Gasteiger charge is -2.09. The minimum absolute atomic E-state index is 0.0250. The molecule has 0 aliphatic heterocycles. The number of aromatic carboxylic acids is 1. The first-order valence-corrected chi connectivity index (χ1v) is 14.7. The van der Waals surface area contributed by atoms with Gasteiger partial charge in [-0.3, -0.25) is 4.55 Å². The topological polar surface area (TPSA) is 239 Å². The molecule has 0 saturated heterocycles. The summed E-state index contributed by atoms with van der Waals surface area (Å²) in [7, 11) is -8.15. The molecule has 0 radical (unpaired) electrons. The highest BCUT2D eigenvalue weighted by Gasteiger charge is 2.26. The Labute approximate surface area is 220 Å². The van der Waals surface area contributed by atoms with E-state index < -0.39 is 36.6 Å². The molecule has 0 aliphatic carbocycles. The molecular formula is C20H20N8O7S3. The molecule has 7 N–H and O–H groups in total. The van der Waals surface area contributed by atoms with Crippen LogP contribution in [0.15, 0.2) is 41.3 Å². The highest BCUT2D eigenvalue weighted by Crippen LogP contribution is 2.36. The van der Waals surface area contributed by atoms with Gasteiger partial charge >= 0.3 is 5.97 Å². The molecule has 0 atom stereocenters. The molecule has 0 unspecified atom stereocenters. The van der Waals surface area contributed by atoms with Crippen LogP contribution in [0.2, 0.25) is 0 Å². The zero-order valence-electron chi connectivity index (χ0n) is 19.4. The molecule has 0 amide bonds. The maximum absolute atomic E-state index is 11.9. The number of benzene rings is 2. The number of sulfonamides is 1. The van der Waals surface area contributed by atoms with Crippen molar-refractivity contribution in [2.75, 3.05) is 35.7 Å². The predicted octanol–water partition coefficient (Wildman–Crippen LogP) is 1.38. The summed E-state index contributed by atoms with van der Waals surface area (Å²) in [5.74, 6) is -1.30. The van der Waals surface area contributed by atoms with Gasteiger partial charge in [0.2, 0.25) is 27.9 Å². The van der Waals surface area contributed by atoms with Crippen molar-refractivity contribution in [1.29, 1.82) is 0 Å². The van der Waals surface area contributed by atoms with E-state index in [1.165, 1.54) is 6.07 Å². The summed E-state index contributed by atoms with van der Waals surface area (Å²) in [6.45, 7) is 0.323. The first-order chi connectivity index (χ1) is 17.8. The number of carbonyl (C=O) groups is 1. The van der Waals surface area contributed by atoms with E-state index in [0.29, 0.717) is 16.3 Å². The van der Waals surface area contributed by atoms with Crippen LogP contribution in [0.1, 0.15) is 10.4 Å². The number of hydrogen-bond acceptors (Lipinski definition) is 13. The van der Waals surface area contributed by atoms with Gasteiger partial charge in [0, 0.05) is 24.3 Å². The van der Waals surface area contributed by atoms with E-state index in [1.807, 2.05) is 0 Å². The second-order valence-electron chi connectivity index (χ2n) is 7.73. The van der Waals surface area contributed by atoms with Gasteiger partial charge in [-0.1, -0.05) is 0 Å². The lowest BCUT2D eigenvalue weighted by molar-refractivity contribution is 0.0692. The average Bonchev–Trinajstić information content (AvgIpc) is 3.24. The number of rotatable bonds is 10. The number of nitrogens with zero attached hydrogens (tertiary/aromatic N) is 4. The van der Waals surface area contributed by atoms with E-state index in [9.17, 15) is 31.3 Å². The van der Waals surface area contributed by atoms with Gasteiger partial charge in [-0.25, -0.2) is 22.9 Å². The summed E-state index contributed by atoms with van der Waals surface area (Å²) < 4.78 is 58.1. The van der Waals surface area contributed by atoms with Crippen molar-refractivity contribution < 1.29 is 31.3 Å². The zero-order chi connectivity index (χ0) is 27.7. The largest absolute Gasteiger partial charge is 0.478 e. The van der Waals surface area contributed by atoms with Gasteiger partial charge in [-0.2, -0.15) is 23.4 Å². The SMILES string of the molecule is CS(=O)(=O)NCCNc1nc(N)nc(Nc2ccc(-c3nc4ccc(C(=O)O)c(S(=O)(=O)O)c4s3)cc2)n1. The normalized spacial score (nSPS) is 11.9. The smallest absolute Gasteiger partial charge is 0.337 e. The molecule has 2 aromatic heterocycles. The van der Waals surface area contributed by atoms with Crippen molar-refractivity contribution in [2.24, 2.45) is 0 Å². The second-order valence-corrected chi connectivity index (χ2v) is 11.9. The average molecular weight is 581 g/mol. The highest BCUT2D eigenvalue weighted by molar-refractivity contribution is 7.88. The molecule has 18 heteroatoms. The number of nitrogens with one attached hydrogen (secondary N) is 3. The molecule has 4 aromatic rings. The molecule has 200 valence electrons. The molecule has 4 rings (SSSR count). The van der Waals surface area contributed by atoms with Crippen LogP contribution in [-0.2, 0) is 20.1 Å². The Morgan fingerprint density at radius 3 is 2.29 bits per heavy atom. The number of fused-ring (bicyclic) bond motifs is 1. The summed E-state index contributed by atoms with van der Waals surface area (Å²) >= 11 is 0.925. The zero-order valence-corrected chi connectivity index (χ0v) is 21.9. The molecule has 2 heterocycles. The highest BCUT2D eigenvalue weighted by atomic mass is 32.2. The van der Waals surface area contributed by atoms with Gasteiger partial charge in [-0.15, -0.1) is 11.3 Å². The van der Waals surface area contributed by atoms with Crippen LogP contribution in [-0.4, -0.2) is 71.7 Å². The first-order valence-electron chi connectivity index (χ1n) is 10.5. The van der Waals surface area contributed by atoms with Gasteiger partial charge in [0.1, 0.15) is 9.90 Å². The molecule has 0 saturated carbocycles. The molecular weight excluding hydrogens is 560 g/mol. The fraction of sp³-hybridized carbons (Fsp3) is 0.150. The summed E-state index contributed by atoms with van der Waals surface area (Å²) in [5.41, 5.74) is 6.58. The van der Waals surface area contributed by atoms with E-state index in [2.05, 4.69) is 35.3 Å². The maximum Gasteiger partial charge on any atom is 0.337 e. The second kappa shape index (κ2) is 10.4. The molecule has 38 heavy (non-hydrogen) atoms. The van der Waals surface area contributed by atoms with Gasteiger partial charge in [-0.05, 0) is 36.4 Å². The number of nitrogen functional groups attached to an aromatic ring is 1. The van der Waals surface area contributed by atoms with Crippen LogP contribution in [0, 0.1) is 0 Å². The third kappa shape index (κ3) is 6.47. The number of carboxylic acids is 1. The summed E-state index contributed by atoms with van der Waals surface area (Å²) in [6, 6.07) is 9.18. The Bertz CT molecular complexity index is 1740. The lowest BCUT2D eigenvalue weighted by atomic mass is 10.2. The summed E-state index contributed by atoms with van der Waals surface area (Å²) in [4.78, 5) is 27.3. The van der Waals surface area contributed by atoms with Crippen LogP contribution >= 0.6 is 11.3 Å². The third-order valence-corrected chi connectivity index (χ3v) is 7.75. The molecule has 0 spiro atoms. The lowest BCUT2D eigenvalue weighted by Crippen LogP contribution is -2.28. The van der Waals surface area contributed by atoms with Gasteiger partial charge < -0.3 is 21.5 Å². The van der Waals surface area contributed by atoms with Crippen molar-refractivity contribution >= 4 is 71.2 Å². The van der Waals surface area contributed by atoms with E-state index in [-0.39, 0.29) is 41.2 Å². The van der Waals surface area contributed by atoms with E-state index in [0.717, 1.165) is 23.7 Å². The molecule has 0 fully saturated rings. The van der Waals surface area contributed by atoms with Crippen LogP contribution in [0.25, 0.3) is 20.8 Å². The fourth-order valence-electron chi connectivity index (χ4n) is 3.28. The minimum Gasteiger partial charge on any atom is -0.478 e. The van der Waals surface area contributed by atoms with E-state index in [4.69, 9.17) is 5.73 Å². The van der Waals surface area contributed by atoms with Crippen molar-refractivity contribution in [3.8, 4) is 10.6 Å². The Kier molecular flexibility index (Phi) is 7.42. The fourth-order valence-corrected chi connectivity index (χ4v) is 5.98. The third-order valence-electron chi connectivity index (χ3n) is 4.81. The molecule has 2 aromatic carbocycles. The number of aromatic nitrogens is 4. The van der Waals surface area contributed by atoms with E-state index in [1.54, 1.807) is 24.3 Å². The van der Waals surface area contributed by atoms with Crippen molar-refractivity contribution in [1.82, 2.24) is 24.7 Å². The summed E-state index contributed by atoms with van der Waals surface area (Å²) in [6.07, 6.45) is 1.05.